The van der Waals surface area contributed by atoms with Gasteiger partial charge in [-0.15, -0.1) is 0 Å². The number of rotatable bonds is 2. The molecule has 0 spiro atoms. The second kappa shape index (κ2) is 9.44. The van der Waals surface area contributed by atoms with Crippen LogP contribution in [0.5, 0.6) is 0 Å². The van der Waals surface area contributed by atoms with E-state index in [0.29, 0.717) is 0 Å². The molecular formula is C8H15NaO. The number of aliphatic hydroxyl groups excluding tert-OH is 1. The van der Waals surface area contributed by atoms with Crippen LogP contribution in [-0.4, -0.2) is 39.6 Å². The average molecular weight is 150 g/mol. The van der Waals surface area contributed by atoms with Gasteiger partial charge < -0.3 is 5.11 Å². The molecule has 0 aliphatic carbocycles. The molecule has 0 aromatic carbocycles. The van der Waals surface area contributed by atoms with Crippen molar-refractivity contribution in [3.63, 3.8) is 0 Å². The summed E-state index contributed by atoms with van der Waals surface area (Å²) in [5.41, 5.74) is 2.13. The summed E-state index contributed by atoms with van der Waals surface area (Å²) in [6.45, 7) is 11.1. The van der Waals surface area contributed by atoms with Crippen LogP contribution < -0.4 is 0 Å². The van der Waals surface area contributed by atoms with Crippen LogP contribution in [0.3, 0.4) is 0 Å². The van der Waals surface area contributed by atoms with Crippen molar-refractivity contribution in [2.45, 2.75) is 17.5 Å². The first-order valence-corrected chi connectivity index (χ1v) is 4.85. The third-order valence-corrected chi connectivity index (χ3v) is 2.08. The van der Waals surface area contributed by atoms with E-state index in [1.807, 2.05) is 0 Å². The van der Waals surface area contributed by atoms with Crippen LogP contribution in [0.15, 0.2) is 24.3 Å². The maximum absolute atomic E-state index is 8.04. The van der Waals surface area contributed by atoms with Gasteiger partial charge in [0, 0.05) is 0 Å². The van der Waals surface area contributed by atoms with Crippen LogP contribution in [0.4, 0.5) is 0 Å². The molecule has 1 nitrogen and oxygen atoms in total. The molecule has 0 aromatic heterocycles. The Morgan fingerprint density at radius 2 is 1.50 bits per heavy atom. The second-order valence-electron chi connectivity index (χ2n) is 2.43. The fraction of sp³-hybridized carbons (Fsp3) is 0.500. The fourth-order valence-corrected chi connectivity index (χ4v) is 0. The first kappa shape index (κ1) is 13.1. The Bertz CT molecular complexity index is 93.8. The molecule has 54 valence electrons. The molecule has 0 saturated heterocycles. The van der Waals surface area contributed by atoms with E-state index < -0.39 is 0 Å². The third-order valence-electron chi connectivity index (χ3n) is 0.873. The molecule has 0 aliphatic heterocycles. The Morgan fingerprint density at radius 3 is 1.50 bits per heavy atom. The molecule has 0 unspecified atom stereocenters. The third kappa shape index (κ3) is 23.7. The summed E-state index contributed by atoms with van der Waals surface area (Å²) in [5, 5.41) is 8.04. The Morgan fingerprint density at radius 1 is 1.30 bits per heavy atom. The SMILES string of the molecule is C=C(C)CO.C=C(C)[CH2][Na]. The molecule has 1 N–H and O–H groups in total. The normalized spacial score (nSPS) is 7.70. The van der Waals surface area contributed by atoms with Gasteiger partial charge in [0.1, 0.15) is 0 Å². The van der Waals surface area contributed by atoms with E-state index in [0.717, 1.165) is 5.57 Å². The van der Waals surface area contributed by atoms with Crippen molar-refractivity contribution in [1.82, 2.24) is 0 Å². The Hall–Kier alpha value is 0.440. The minimum atomic E-state index is 0.111. The van der Waals surface area contributed by atoms with Crippen LogP contribution >= 0.6 is 0 Å². The van der Waals surface area contributed by atoms with Crippen LogP contribution in [0, 0.1) is 0 Å². The Balaban J connectivity index is 0. The van der Waals surface area contributed by atoms with Crippen molar-refractivity contribution in [2.75, 3.05) is 6.61 Å². The van der Waals surface area contributed by atoms with Gasteiger partial charge >= 0.3 is 50.7 Å². The molecular weight excluding hydrogens is 135 g/mol. The molecule has 10 heavy (non-hydrogen) atoms. The molecule has 0 fully saturated rings. The molecule has 0 radical (unpaired) electrons. The zero-order valence-corrected chi connectivity index (χ0v) is 9.28. The number of hydrogen-bond donors (Lipinski definition) is 1. The molecule has 0 saturated carbocycles. The molecule has 0 aliphatic rings. The van der Waals surface area contributed by atoms with Gasteiger partial charge in [0.15, 0.2) is 0 Å². The molecule has 0 rings (SSSR count). The van der Waals surface area contributed by atoms with Crippen LogP contribution in [0.25, 0.3) is 0 Å². The zero-order valence-electron chi connectivity index (χ0n) is 7.28. The first-order chi connectivity index (χ1) is 4.54. The summed E-state index contributed by atoms with van der Waals surface area (Å²) in [7, 11) is 0. The van der Waals surface area contributed by atoms with E-state index >= 15 is 0 Å². The Kier molecular flexibility index (Phi) is 12.3. The summed E-state index contributed by atoms with van der Waals surface area (Å²) in [5.74, 6) is 0. The van der Waals surface area contributed by atoms with E-state index in [1.165, 1.54) is 37.2 Å². The molecule has 0 aromatic rings. The number of aliphatic hydroxyl groups is 1. The van der Waals surface area contributed by atoms with Crippen LogP contribution in [0.2, 0.25) is 3.67 Å². The van der Waals surface area contributed by atoms with Gasteiger partial charge in [-0.3, -0.25) is 0 Å². The van der Waals surface area contributed by atoms with E-state index in [4.69, 9.17) is 5.11 Å². The fourth-order valence-electron chi connectivity index (χ4n) is 0. The van der Waals surface area contributed by atoms with Crippen molar-refractivity contribution in [2.24, 2.45) is 0 Å². The summed E-state index contributed by atoms with van der Waals surface area (Å²) in [6.07, 6.45) is 0. The predicted molar refractivity (Wildman–Crippen MR) is 47.3 cm³/mol. The summed E-state index contributed by atoms with van der Waals surface area (Å²) in [6, 6.07) is 0. The quantitative estimate of drug-likeness (QED) is 0.469. The summed E-state index contributed by atoms with van der Waals surface area (Å²) >= 11 is 1.27. The van der Waals surface area contributed by atoms with E-state index in [2.05, 4.69) is 20.1 Å². The van der Waals surface area contributed by atoms with Gasteiger partial charge in [0.2, 0.25) is 0 Å². The van der Waals surface area contributed by atoms with Crippen molar-refractivity contribution < 1.29 is 5.11 Å². The van der Waals surface area contributed by atoms with Crippen molar-refractivity contribution in [3.05, 3.63) is 24.3 Å². The predicted octanol–water partition coefficient (Wildman–Crippen LogP) is 1.70. The van der Waals surface area contributed by atoms with Crippen LogP contribution in [-0.2, 0) is 0 Å². The van der Waals surface area contributed by atoms with E-state index in [-0.39, 0.29) is 6.61 Å². The van der Waals surface area contributed by atoms with Gasteiger partial charge in [-0.05, 0) is 6.92 Å². The topological polar surface area (TPSA) is 20.2 Å². The van der Waals surface area contributed by atoms with Gasteiger partial charge in [0.05, 0.1) is 6.61 Å². The molecule has 0 bridgehead atoms. The van der Waals surface area contributed by atoms with Gasteiger partial charge in [-0.2, -0.15) is 0 Å². The van der Waals surface area contributed by atoms with Gasteiger partial charge in [0.25, 0.3) is 0 Å². The van der Waals surface area contributed by atoms with Crippen molar-refractivity contribution in [3.8, 4) is 0 Å². The average Bonchev–Trinajstić information content (AvgIpc) is 1.89. The first-order valence-electron chi connectivity index (χ1n) is 3.44. The maximum atomic E-state index is 8.04. The standard InChI is InChI=1S/C4H8O.C4H7.Na/c1-4(2)3-5;1-4(2)3;/h5H,1,3H2,2H3;1-2H2,3H3;. The number of hydrogen-bond acceptors (Lipinski definition) is 1. The minimum absolute atomic E-state index is 0.111. The molecule has 2 heteroatoms. The van der Waals surface area contributed by atoms with Gasteiger partial charge in [-0.25, -0.2) is 0 Å². The van der Waals surface area contributed by atoms with E-state index in [1.54, 1.807) is 6.92 Å². The molecule has 0 amide bonds. The monoisotopic (exact) mass is 150 g/mol. The molecule has 0 heterocycles. The molecule has 0 atom stereocenters. The van der Waals surface area contributed by atoms with Crippen molar-refractivity contribution in [1.29, 1.82) is 0 Å². The van der Waals surface area contributed by atoms with Crippen molar-refractivity contribution >= 4 is 27.9 Å². The second-order valence-corrected chi connectivity index (χ2v) is 3.13. The van der Waals surface area contributed by atoms with Crippen LogP contribution in [0.1, 0.15) is 13.8 Å². The van der Waals surface area contributed by atoms with E-state index in [9.17, 15) is 0 Å². The number of allylic oxidation sites excluding steroid dienone is 1. The Labute approximate surface area is 81.2 Å². The zero-order chi connectivity index (χ0) is 8.57. The van der Waals surface area contributed by atoms with Gasteiger partial charge in [-0.1, -0.05) is 12.2 Å². The summed E-state index contributed by atoms with van der Waals surface area (Å²) in [4.78, 5) is 0. The summed E-state index contributed by atoms with van der Waals surface area (Å²) < 4.78 is 1.25.